The second-order valence-electron chi connectivity index (χ2n) is 6.22. The average molecular weight is 310 g/mol. The van der Waals surface area contributed by atoms with Crippen molar-refractivity contribution < 1.29 is 8.42 Å². The molecule has 4 nitrogen and oxygen atoms in total. The predicted molar refractivity (Wildman–Crippen MR) is 85.6 cm³/mol. The molecule has 0 spiro atoms. The summed E-state index contributed by atoms with van der Waals surface area (Å²) < 4.78 is 27.4. The molecule has 1 aliphatic rings. The van der Waals surface area contributed by atoms with E-state index < -0.39 is 10.0 Å². The molecule has 0 radical (unpaired) electrons. The molecule has 0 aliphatic heterocycles. The molecule has 1 saturated carbocycles. The van der Waals surface area contributed by atoms with E-state index in [1.54, 1.807) is 28.6 Å². The van der Waals surface area contributed by atoms with Crippen molar-refractivity contribution in [2.75, 3.05) is 20.1 Å². The molecule has 0 bridgehead atoms. The minimum absolute atomic E-state index is 0.169. The Balaban J connectivity index is 2.22. The third kappa shape index (κ3) is 4.28. The number of nitrogens with zero attached hydrogens (tertiary/aromatic N) is 1. The lowest BCUT2D eigenvalue weighted by atomic mass is 10.1. The predicted octanol–water partition coefficient (Wildman–Crippen LogP) is 2.33. The van der Waals surface area contributed by atoms with Crippen LogP contribution in [0.3, 0.4) is 0 Å². The van der Waals surface area contributed by atoms with Gasteiger partial charge in [-0.25, -0.2) is 8.42 Å². The Morgan fingerprint density at radius 1 is 1.24 bits per heavy atom. The molecule has 21 heavy (non-hydrogen) atoms. The minimum atomic E-state index is -3.40. The van der Waals surface area contributed by atoms with Crippen LogP contribution in [0.15, 0.2) is 35.2 Å². The number of sulfonamides is 1. The molecule has 0 heterocycles. The Morgan fingerprint density at radius 2 is 1.86 bits per heavy atom. The molecule has 2 rings (SSSR count). The molecule has 1 fully saturated rings. The van der Waals surface area contributed by atoms with Crippen molar-refractivity contribution in [2.24, 2.45) is 11.8 Å². The first-order valence-electron chi connectivity index (χ1n) is 7.67. The summed E-state index contributed by atoms with van der Waals surface area (Å²) in [6.07, 6.45) is 2.29. The molecule has 1 aliphatic carbocycles. The fourth-order valence-electron chi connectivity index (χ4n) is 2.46. The lowest BCUT2D eigenvalue weighted by molar-refractivity contribution is 0.309. The quantitative estimate of drug-likeness (QED) is 0.802. The largest absolute Gasteiger partial charge is 0.315 e. The van der Waals surface area contributed by atoms with Gasteiger partial charge in [-0.05, 0) is 43.9 Å². The average Bonchev–Trinajstić information content (AvgIpc) is 3.27. The molecule has 1 aromatic rings. The molecule has 1 aromatic carbocycles. The summed E-state index contributed by atoms with van der Waals surface area (Å²) >= 11 is 0. The maximum absolute atomic E-state index is 12.9. The van der Waals surface area contributed by atoms with Gasteiger partial charge in [0, 0.05) is 19.1 Å². The normalized spacial score (nSPS) is 17.4. The zero-order valence-electron chi connectivity index (χ0n) is 13.1. The van der Waals surface area contributed by atoms with E-state index in [-0.39, 0.29) is 6.04 Å². The monoisotopic (exact) mass is 310 g/mol. The van der Waals surface area contributed by atoms with Gasteiger partial charge in [0.15, 0.2) is 0 Å². The van der Waals surface area contributed by atoms with E-state index in [0.29, 0.717) is 29.8 Å². The number of hydrogen-bond donors (Lipinski definition) is 1. The number of likely N-dealkylation sites (N-methyl/N-ethyl adjacent to an activating group) is 1. The molecule has 1 atom stereocenters. The molecule has 0 amide bonds. The van der Waals surface area contributed by atoms with Gasteiger partial charge in [0.2, 0.25) is 10.0 Å². The van der Waals surface area contributed by atoms with Crippen molar-refractivity contribution in [1.29, 1.82) is 0 Å². The fourth-order valence-corrected chi connectivity index (χ4v) is 4.02. The van der Waals surface area contributed by atoms with E-state index in [4.69, 9.17) is 0 Å². The van der Waals surface area contributed by atoms with E-state index in [2.05, 4.69) is 19.2 Å². The van der Waals surface area contributed by atoms with Gasteiger partial charge in [-0.3, -0.25) is 0 Å². The molecule has 5 heteroatoms. The highest BCUT2D eigenvalue weighted by Gasteiger charge is 2.33. The second-order valence-corrected chi connectivity index (χ2v) is 8.16. The van der Waals surface area contributed by atoms with Gasteiger partial charge in [-0.1, -0.05) is 32.0 Å². The van der Waals surface area contributed by atoms with Crippen LogP contribution in [0.2, 0.25) is 0 Å². The first-order valence-corrected chi connectivity index (χ1v) is 9.11. The van der Waals surface area contributed by atoms with E-state index in [1.807, 2.05) is 13.1 Å². The van der Waals surface area contributed by atoms with Crippen LogP contribution >= 0.6 is 0 Å². The van der Waals surface area contributed by atoms with Crippen molar-refractivity contribution in [1.82, 2.24) is 9.62 Å². The van der Waals surface area contributed by atoms with Crippen LogP contribution in [0.4, 0.5) is 0 Å². The Labute approximate surface area is 128 Å². The van der Waals surface area contributed by atoms with Crippen molar-refractivity contribution in [3.63, 3.8) is 0 Å². The van der Waals surface area contributed by atoms with Crippen LogP contribution in [0.5, 0.6) is 0 Å². The van der Waals surface area contributed by atoms with Crippen molar-refractivity contribution in [3.05, 3.63) is 30.3 Å². The lowest BCUT2D eigenvalue weighted by Crippen LogP contribution is -2.45. The van der Waals surface area contributed by atoms with Crippen LogP contribution in [-0.4, -0.2) is 38.9 Å². The van der Waals surface area contributed by atoms with Crippen LogP contribution in [-0.2, 0) is 10.0 Å². The molecule has 1 N–H and O–H groups in total. The summed E-state index contributed by atoms with van der Waals surface area (Å²) in [6.45, 7) is 5.40. The maximum Gasteiger partial charge on any atom is 0.243 e. The second kappa shape index (κ2) is 6.90. The van der Waals surface area contributed by atoms with Crippen LogP contribution in [0, 0.1) is 11.8 Å². The van der Waals surface area contributed by atoms with Crippen molar-refractivity contribution >= 4 is 10.0 Å². The maximum atomic E-state index is 12.9. The number of rotatable bonds is 8. The van der Waals surface area contributed by atoms with Crippen LogP contribution in [0.1, 0.15) is 26.7 Å². The molecule has 0 unspecified atom stereocenters. The third-order valence-corrected chi connectivity index (χ3v) is 5.96. The van der Waals surface area contributed by atoms with Crippen molar-refractivity contribution in [2.45, 2.75) is 37.6 Å². The molecule has 0 aromatic heterocycles. The lowest BCUT2D eigenvalue weighted by Gasteiger charge is -2.29. The first kappa shape index (κ1) is 16.5. The fraction of sp³-hybridized carbons (Fsp3) is 0.625. The summed E-state index contributed by atoms with van der Waals surface area (Å²) in [5.41, 5.74) is 0. The first-order chi connectivity index (χ1) is 9.95. The summed E-state index contributed by atoms with van der Waals surface area (Å²) in [6, 6.07) is 8.93. The summed E-state index contributed by atoms with van der Waals surface area (Å²) in [5.74, 6) is 0.927. The van der Waals surface area contributed by atoms with E-state index >= 15 is 0 Å². The summed E-state index contributed by atoms with van der Waals surface area (Å²) in [7, 11) is -1.50. The Bertz CT molecular complexity index is 539. The number of nitrogens with one attached hydrogen (secondary N) is 1. The molecule has 118 valence electrons. The highest BCUT2D eigenvalue weighted by atomic mass is 32.2. The number of hydrogen-bond acceptors (Lipinski definition) is 3. The highest BCUT2D eigenvalue weighted by Crippen LogP contribution is 2.32. The van der Waals surface area contributed by atoms with Gasteiger partial charge in [0.05, 0.1) is 4.90 Å². The van der Waals surface area contributed by atoms with E-state index in [9.17, 15) is 8.42 Å². The van der Waals surface area contributed by atoms with Gasteiger partial charge in [-0.15, -0.1) is 0 Å². The van der Waals surface area contributed by atoms with Gasteiger partial charge < -0.3 is 5.32 Å². The standard InChI is InChI=1S/C16H26N2O2S/c1-13(2)16(17-3)12-18(11-14-9-10-14)21(19,20)15-7-5-4-6-8-15/h4-8,13-14,16-17H,9-12H2,1-3H3/t16-/m1/s1. The van der Waals surface area contributed by atoms with Gasteiger partial charge in [0.1, 0.15) is 0 Å². The van der Waals surface area contributed by atoms with Gasteiger partial charge in [0.25, 0.3) is 0 Å². The SMILES string of the molecule is CN[C@H](CN(CC1CC1)S(=O)(=O)c1ccccc1)C(C)C. The van der Waals surface area contributed by atoms with E-state index in [1.165, 1.54) is 0 Å². The third-order valence-electron chi connectivity index (χ3n) is 4.12. The Morgan fingerprint density at radius 3 is 2.33 bits per heavy atom. The van der Waals surface area contributed by atoms with Crippen LogP contribution < -0.4 is 5.32 Å². The van der Waals surface area contributed by atoms with Gasteiger partial charge >= 0.3 is 0 Å². The van der Waals surface area contributed by atoms with E-state index in [0.717, 1.165) is 12.8 Å². The molecule has 0 saturated heterocycles. The van der Waals surface area contributed by atoms with Crippen LogP contribution in [0.25, 0.3) is 0 Å². The topological polar surface area (TPSA) is 49.4 Å². The highest BCUT2D eigenvalue weighted by molar-refractivity contribution is 7.89. The Kier molecular flexibility index (Phi) is 5.41. The van der Waals surface area contributed by atoms with Gasteiger partial charge in [-0.2, -0.15) is 4.31 Å². The minimum Gasteiger partial charge on any atom is -0.315 e. The smallest absolute Gasteiger partial charge is 0.243 e. The van der Waals surface area contributed by atoms with Crippen molar-refractivity contribution in [3.8, 4) is 0 Å². The zero-order valence-corrected chi connectivity index (χ0v) is 13.9. The summed E-state index contributed by atoms with van der Waals surface area (Å²) in [4.78, 5) is 0.393. The summed E-state index contributed by atoms with van der Waals surface area (Å²) in [5, 5.41) is 3.24. The number of benzene rings is 1. The molecular formula is C16H26N2O2S. The molecular weight excluding hydrogens is 284 g/mol. The zero-order chi connectivity index (χ0) is 15.5. The Hall–Kier alpha value is -0.910.